The molecular weight excluding hydrogens is 284 g/mol. The molecule has 8 heteroatoms. The third-order valence-corrected chi connectivity index (χ3v) is 4.93. The standard InChI is InChI=1S/C11H22N4O2S2/c1-5-15(6-2)7-8(3)13-11-9(19(4,16)17)10(12)14-18-11/h8,13H,5-7H2,1-4H3,(H2,12,14). The molecule has 1 aromatic rings. The van der Waals surface area contributed by atoms with Crippen LogP contribution in [-0.2, 0) is 9.84 Å². The van der Waals surface area contributed by atoms with Gasteiger partial charge in [-0.2, -0.15) is 4.37 Å². The molecule has 0 aliphatic rings. The number of rotatable bonds is 7. The minimum Gasteiger partial charge on any atom is -0.382 e. The van der Waals surface area contributed by atoms with Crippen molar-refractivity contribution in [2.45, 2.75) is 31.7 Å². The van der Waals surface area contributed by atoms with E-state index in [4.69, 9.17) is 5.73 Å². The van der Waals surface area contributed by atoms with Gasteiger partial charge in [0.05, 0.1) is 0 Å². The SMILES string of the molecule is CCN(CC)CC(C)Nc1snc(N)c1S(C)(=O)=O. The maximum atomic E-state index is 11.7. The molecule has 0 radical (unpaired) electrons. The number of hydrogen-bond donors (Lipinski definition) is 2. The summed E-state index contributed by atoms with van der Waals surface area (Å²) in [5.41, 5.74) is 5.63. The van der Waals surface area contributed by atoms with Gasteiger partial charge in [0.25, 0.3) is 0 Å². The Bertz CT molecular complexity index is 509. The second-order valence-corrected chi connectivity index (χ2v) is 7.26. The van der Waals surface area contributed by atoms with E-state index in [1.54, 1.807) is 0 Å². The summed E-state index contributed by atoms with van der Waals surface area (Å²) in [6.45, 7) is 8.98. The molecule has 0 fully saturated rings. The van der Waals surface area contributed by atoms with E-state index in [1.165, 1.54) is 0 Å². The lowest BCUT2D eigenvalue weighted by molar-refractivity contribution is 0.295. The molecular formula is C11H22N4O2S2. The molecule has 1 heterocycles. The van der Waals surface area contributed by atoms with Crippen LogP contribution in [0.5, 0.6) is 0 Å². The number of likely N-dealkylation sites (N-methyl/N-ethyl adjacent to an activating group) is 1. The van der Waals surface area contributed by atoms with Crippen molar-refractivity contribution in [3.05, 3.63) is 0 Å². The van der Waals surface area contributed by atoms with Crippen molar-refractivity contribution in [3.8, 4) is 0 Å². The highest BCUT2D eigenvalue weighted by Gasteiger charge is 2.22. The van der Waals surface area contributed by atoms with Gasteiger partial charge in [0.1, 0.15) is 9.90 Å². The zero-order valence-electron chi connectivity index (χ0n) is 11.8. The molecule has 110 valence electrons. The van der Waals surface area contributed by atoms with Crippen molar-refractivity contribution in [1.29, 1.82) is 0 Å². The summed E-state index contributed by atoms with van der Waals surface area (Å²) < 4.78 is 27.3. The Kier molecular flexibility index (Phi) is 5.57. The Morgan fingerprint density at radius 3 is 2.47 bits per heavy atom. The maximum absolute atomic E-state index is 11.7. The Morgan fingerprint density at radius 2 is 2.00 bits per heavy atom. The number of nitrogen functional groups attached to an aromatic ring is 1. The molecule has 3 N–H and O–H groups in total. The van der Waals surface area contributed by atoms with Gasteiger partial charge < -0.3 is 16.0 Å². The number of aromatic nitrogens is 1. The molecule has 0 amide bonds. The van der Waals surface area contributed by atoms with Crippen molar-refractivity contribution >= 4 is 32.2 Å². The molecule has 0 bridgehead atoms. The van der Waals surface area contributed by atoms with Gasteiger partial charge in [-0.05, 0) is 31.5 Å². The fourth-order valence-corrected chi connectivity index (χ4v) is 4.05. The Labute approximate surface area is 119 Å². The highest BCUT2D eigenvalue weighted by molar-refractivity contribution is 7.91. The predicted octanol–water partition coefficient (Wildman–Crippen LogP) is 1.27. The molecule has 1 unspecified atom stereocenters. The summed E-state index contributed by atoms with van der Waals surface area (Å²) in [4.78, 5) is 2.38. The maximum Gasteiger partial charge on any atom is 0.182 e. The zero-order chi connectivity index (χ0) is 14.6. The molecule has 0 aromatic carbocycles. The van der Waals surface area contributed by atoms with Gasteiger partial charge in [0.15, 0.2) is 15.7 Å². The van der Waals surface area contributed by atoms with E-state index < -0.39 is 9.84 Å². The number of hydrogen-bond acceptors (Lipinski definition) is 7. The van der Waals surface area contributed by atoms with Crippen LogP contribution in [0.25, 0.3) is 0 Å². The topological polar surface area (TPSA) is 88.3 Å². The highest BCUT2D eigenvalue weighted by atomic mass is 32.2. The third kappa shape index (κ3) is 4.32. The summed E-state index contributed by atoms with van der Waals surface area (Å²) in [5, 5.41) is 3.72. The molecule has 19 heavy (non-hydrogen) atoms. The van der Waals surface area contributed by atoms with Crippen molar-refractivity contribution in [1.82, 2.24) is 9.27 Å². The second kappa shape index (κ2) is 6.53. The van der Waals surface area contributed by atoms with E-state index in [1.807, 2.05) is 6.92 Å². The van der Waals surface area contributed by atoms with E-state index in [-0.39, 0.29) is 16.8 Å². The Morgan fingerprint density at radius 1 is 1.42 bits per heavy atom. The highest BCUT2D eigenvalue weighted by Crippen LogP contribution is 2.31. The van der Waals surface area contributed by atoms with Gasteiger partial charge in [0.2, 0.25) is 0 Å². The van der Waals surface area contributed by atoms with E-state index >= 15 is 0 Å². The van der Waals surface area contributed by atoms with Crippen LogP contribution in [0.2, 0.25) is 0 Å². The lowest BCUT2D eigenvalue weighted by atomic mass is 10.3. The number of anilines is 2. The van der Waals surface area contributed by atoms with Crippen molar-refractivity contribution in [2.75, 3.05) is 36.9 Å². The first-order chi connectivity index (χ1) is 8.79. The number of sulfone groups is 1. The molecule has 0 aliphatic carbocycles. The minimum atomic E-state index is -3.36. The molecule has 0 spiro atoms. The summed E-state index contributed by atoms with van der Waals surface area (Å²) >= 11 is 1.09. The van der Waals surface area contributed by atoms with Crippen LogP contribution in [0.3, 0.4) is 0 Å². The van der Waals surface area contributed by atoms with Gasteiger partial charge in [0, 0.05) is 18.8 Å². The number of nitrogens with zero attached hydrogens (tertiary/aromatic N) is 2. The van der Waals surface area contributed by atoms with Crippen LogP contribution in [0, 0.1) is 0 Å². The summed E-state index contributed by atoms with van der Waals surface area (Å²) in [6.07, 6.45) is 1.15. The third-order valence-electron chi connectivity index (χ3n) is 2.85. The first-order valence-corrected chi connectivity index (χ1v) is 8.90. The second-order valence-electron chi connectivity index (χ2n) is 4.53. The first-order valence-electron chi connectivity index (χ1n) is 6.23. The summed E-state index contributed by atoms with van der Waals surface area (Å²) in [5.74, 6) is 0.0741. The van der Waals surface area contributed by atoms with Gasteiger partial charge in [-0.25, -0.2) is 8.42 Å². The molecule has 1 aromatic heterocycles. The Hall–Kier alpha value is -0.860. The van der Waals surface area contributed by atoms with Gasteiger partial charge in [-0.1, -0.05) is 13.8 Å². The summed E-state index contributed by atoms with van der Waals surface area (Å²) in [7, 11) is -3.36. The van der Waals surface area contributed by atoms with E-state index in [0.717, 1.165) is 37.4 Å². The lowest BCUT2D eigenvalue weighted by Gasteiger charge is -2.23. The van der Waals surface area contributed by atoms with Crippen LogP contribution in [0.1, 0.15) is 20.8 Å². The smallest absolute Gasteiger partial charge is 0.182 e. The minimum absolute atomic E-state index is 0.0741. The van der Waals surface area contributed by atoms with Crippen LogP contribution in [0.4, 0.5) is 10.8 Å². The van der Waals surface area contributed by atoms with Gasteiger partial charge in [-0.3, -0.25) is 0 Å². The average molecular weight is 306 g/mol. The molecule has 1 rings (SSSR count). The fraction of sp³-hybridized carbons (Fsp3) is 0.727. The van der Waals surface area contributed by atoms with Crippen molar-refractivity contribution in [2.24, 2.45) is 0 Å². The van der Waals surface area contributed by atoms with E-state index in [2.05, 4.69) is 28.4 Å². The molecule has 6 nitrogen and oxygen atoms in total. The zero-order valence-corrected chi connectivity index (χ0v) is 13.4. The molecule has 0 saturated heterocycles. The Balaban J connectivity index is 2.84. The van der Waals surface area contributed by atoms with Crippen LogP contribution < -0.4 is 11.1 Å². The predicted molar refractivity (Wildman–Crippen MR) is 80.5 cm³/mol. The lowest BCUT2D eigenvalue weighted by Crippen LogP contribution is -2.34. The van der Waals surface area contributed by atoms with Crippen LogP contribution in [-0.4, -0.2) is 49.6 Å². The molecule has 1 atom stereocenters. The van der Waals surface area contributed by atoms with Crippen molar-refractivity contribution in [3.63, 3.8) is 0 Å². The largest absolute Gasteiger partial charge is 0.382 e. The first kappa shape index (κ1) is 16.2. The van der Waals surface area contributed by atoms with Gasteiger partial charge >= 0.3 is 0 Å². The fourth-order valence-electron chi connectivity index (χ4n) is 1.88. The van der Waals surface area contributed by atoms with E-state index in [0.29, 0.717) is 5.00 Å². The van der Waals surface area contributed by atoms with Gasteiger partial charge in [-0.15, -0.1) is 0 Å². The van der Waals surface area contributed by atoms with Crippen molar-refractivity contribution < 1.29 is 8.42 Å². The average Bonchev–Trinajstić information content (AvgIpc) is 2.66. The quantitative estimate of drug-likeness (QED) is 0.789. The van der Waals surface area contributed by atoms with Crippen LogP contribution >= 0.6 is 11.5 Å². The number of nitrogens with two attached hydrogens (primary N) is 1. The number of nitrogens with one attached hydrogen (secondary N) is 1. The monoisotopic (exact) mass is 306 g/mol. The van der Waals surface area contributed by atoms with Crippen LogP contribution in [0.15, 0.2) is 4.90 Å². The summed E-state index contributed by atoms with van der Waals surface area (Å²) in [6, 6.07) is 0.125. The normalized spacial score (nSPS) is 13.7. The molecule has 0 saturated carbocycles. The van der Waals surface area contributed by atoms with E-state index in [9.17, 15) is 8.42 Å². The molecule has 0 aliphatic heterocycles.